The predicted octanol–water partition coefficient (Wildman–Crippen LogP) is 2.51. The summed E-state index contributed by atoms with van der Waals surface area (Å²) in [6.45, 7) is 1.90. The van der Waals surface area contributed by atoms with Crippen LogP contribution in [0.1, 0.15) is 24.8 Å². The topological polar surface area (TPSA) is 61.4 Å². The van der Waals surface area contributed by atoms with E-state index in [1.54, 1.807) is 4.90 Å². The van der Waals surface area contributed by atoms with Crippen LogP contribution in [0.15, 0.2) is 36.4 Å². The van der Waals surface area contributed by atoms with E-state index in [1.807, 2.05) is 24.3 Å². The number of hydrogen-bond donors (Lipinski definition) is 2. The first kappa shape index (κ1) is 14.6. The maximum atomic E-state index is 12.2. The van der Waals surface area contributed by atoms with Gasteiger partial charge in [0.25, 0.3) is 0 Å². The number of nitrogens with zero attached hydrogens (tertiary/aromatic N) is 1. The number of hydrogen-bond acceptors (Lipinski definition) is 2. The van der Waals surface area contributed by atoms with Crippen LogP contribution in [-0.4, -0.2) is 29.9 Å². The van der Waals surface area contributed by atoms with E-state index in [-0.39, 0.29) is 11.9 Å². The van der Waals surface area contributed by atoms with Crippen LogP contribution in [0.2, 0.25) is 0 Å². The number of para-hydroxylation sites is 1. The molecule has 0 spiro atoms. The summed E-state index contributed by atoms with van der Waals surface area (Å²) < 4.78 is 0. The summed E-state index contributed by atoms with van der Waals surface area (Å²) in [5.74, 6) is 0.395. The van der Waals surface area contributed by atoms with Crippen molar-refractivity contribution < 1.29 is 9.59 Å². The van der Waals surface area contributed by atoms with Gasteiger partial charge in [0, 0.05) is 31.7 Å². The van der Waals surface area contributed by atoms with Crippen molar-refractivity contribution in [3.8, 4) is 0 Å². The van der Waals surface area contributed by atoms with Gasteiger partial charge in [-0.05, 0) is 30.4 Å². The first-order valence-corrected chi connectivity index (χ1v) is 7.79. The molecule has 3 rings (SSSR count). The minimum Gasteiger partial charge on any atom is -0.336 e. The Bertz CT molecular complexity index is 597. The van der Waals surface area contributed by atoms with E-state index in [2.05, 4.69) is 22.8 Å². The van der Waals surface area contributed by atoms with E-state index >= 15 is 0 Å². The van der Waals surface area contributed by atoms with Gasteiger partial charge in [-0.3, -0.25) is 4.79 Å². The van der Waals surface area contributed by atoms with E-state index in [1.165, 1.54) is 0 Å². The standard InChI is InChI=1S/C17H21N3O2/c21-16(11-13-5-1-2-6-13)19-15-8-4-3-7-14(15)12-20-10-9-18-17(20)22/h1,3-5,7-8,13H,2,6,9-12H2,(H,18,22)(H,19,21)/t13-/m1/s1. The number of benzene rings is 1. The summed E-state index contributed by atoms with van der Waals surface area (Å²) >= 11 is 0. The lowest BCUT2D eigenvalue weighted by Gasteiger charge is -2.17. The number of carbonyl (C=O) groups is 2. The smallest absolute Gasteiger partial charge is 0.317 e. The zero-order valence-electron chi connectivity index (χ0n) is 12.5. The van der Waals surface area contributed by atoms with Crippen LogP contribution in [0.4, 0.5) is 10.5 Å². The van der Waals surface area contributed by atoms with Crippen LogP contribution in [-0.2, 0) is 11.3 Å². The van der Waals surface area contributed by atoms with Gasteiger partial charge in [0.15, 0.2) is 0 Å². The van der Waals surface area contributed by atoms with E-state index in [9.17, 15) is 9.59 Å². The van der Waals surface area contributed by atoms with E-state index in [0.717, 1.165) is 24.1 Å². The summed E-state index contributed by atoms with van der Waals surface area (Å²) in [5.41, 5.74) is 1.77. The number of allylic oxidation sites excluding steroid dienone is 2. The first-order valence-electron chi connectivity index (χ1n) is 7.79. The average molecular weight is 299 g/mol. The lowest BCUT2D eigenvalue weighted by molar-refractivity contribution is -0.116. The molecule has 1 heterocycles. The van der Waals surface area contributed by atoms with Gasteiger partial charge in [-0.15, -0.1) is 0 Å². The minimum absolute atomic E-state index is 0.0369. The molecular weight excluding hydrogens is 278 g/mol. The zero-order chi connectivity index (χ0) is 15.4. The second-order valence-corrected chi connectivity index (χ2v) is 5.83. The highest BCUT2D eigenvalue weighted by Crippen LogP contribution is 2.23. The highest BCUT2D eigenvalue weighted by molar-refractivity contribution is 5.91. The molecule has 1 aromatic carbocycles. The van der Waals surface area contributed by atoms with Gasteiger partial charge >= 0.3 is 6.03 Å². The molecule has 0 aromatic heterocycles. The monoisotopic (exact) mass is 299 g/mol. The van der Waals surface area contributed by atoms with Crippen LogP contribution in [0.25, 0.3) is 0 Å². The van der Waals surface area contributed by atoms with E-state index < -0.39 is 0 Å². The molecule has 1 saturated heterocycles. The number of urea groups is 1. The second-order valence-electron chi connectivity index (χ2n) is 5.83. The Labute approximate surface area is 130 Å². The van der Waals surface area contributed by atoms with Crippen LogP contribution in [0, 0.1) is 5.92 Å². The van der Waals surface area contributed by atoms with Crippen molar-refractivity contribution in [3.05, 3.63) is 42.0 Å². The Balaban J connectivity index is 1.64. The maximum Gasteiger partial charge on any atom is 0.317 e. The summed E-state index contributed by atoms with van der Waals surface area (Å²) in [7, 11) is 0. The van der Waals surface area contributed by atoms with Gasteiger partial charge in [0.05, 0.1) is 0 Å². The highest BCUT2D eigenvalue weighted by Gasteiger charge is 2.21. The Morgan fingerprint density at radius 2 is 2.23 bits per heavy atom. The van der Waals surface area contributed by atoms with Gasteiger partial charge < -0.3 is 15.5 Å². The van der Waals surface area contributed by atoms with Crippen molar-refractivity contribution in [1.82, 2.24) is 10.2 Å². The molecule has 1 aliphatic carbocycles. The molecule has 0 radical (unpaired) electrons. The third kappa shape index (κ3) is 3.47. The number of carbonyl (C=O) groups excluding carboxylic acids is 2. The second kappa shape index (κ2) is 6.64. The molecule has 1 fully saturated rings. The van der Waals surface area contributed by atoms with Gasteiger partial charge in [-0.1, -0.05) is 30.4 Å². The quantitative estimate of drug-likeness (QED) is 0.821. The van der Waals surface area contributed by atoms with Gasteiger partial charge in [0.1, 0.15) is 0 Å². The third-order valence-corrected chi connectivity index (χ3v) is 4.16. The molecule has 1 atom stereocenters. The number of amides is 3. The minimum atomic E-state index is -0.0442. The Kier molecular flexibility index (Phi) is 4.42. The summed E-state index contributed by atoms with van der Waals surface area (Å²) in [4.78, 5) is 25.6. The Morgan fingerprint density at radius 1 is 1.36 bits per heavy atom. The molecule has 5 heteroatoms. The Hall–Kier alpha value is -2.30. The molecule has 0 unspecified atom stereocenters. The van der Waals surface area contributed by atoms with Gasteiger partial charge in [0.2, 0.25) is 5.91 Å². The van der Waals surface area contributed by atoms with Crippen molar-refractivity contribution in [2.45, 2.75) is 25.8 Å². The van der Waals surface area contributed by atoms with Crippen molar-refractivity contribution in [2.24, 2.45) is 5.92 Å². The van der Waals surface area contributed by atoms with Gasteiger partial charge in [-0.2, -0.15) is 0 Å². The summed E-state index contributed by atoms with van der Waals surface area (Å²) in [6.07, 6.45) is 6.91. The Morgan fingerprint density at radius 3 is 2.95 bits per heavy atom. The largest absolute Gasteiger partial charge is 0.336 e. The van der Waals surface area contributed by atoms with E-state index in [4.69, 9.17) is 0 Å². The third-order valence-electron chi connectivity index (χ3n) is 4.16. The molecule has 2 aliphatic rings. The van der Waals surface area contributed by atoms with Crippen molar-refractivity contribution in [1.29, 1.82) is 0 Å². The number of rotatable bonds is 5. The fourth-order valence-electron chi connectivity index (χ4n) is 2.95. The molecule has 1 aromatic rings. The van der Waals surface area contributed by atoms with Gasteiger partial charge in [-0.25, -0.2) is 4.79 Å². The lowest BCUT2D eigenvalue weighted by atomic mass is 10.0. The molecule has 2 N–H and O–H groups in total. The van der Waals surface area contributed by atoms with Crippen molar-refractivity contribution in [3.63, 3.8) is 0 Å². The van der Waals surface area contributed by atoms with Crippen molar-refractivity contribution >= 4 is 17.6 Å². The maximum absolute atomic E-state index is 12.2. The lowest BCUT2D eigenvalue weighted by Crippen LogP contribution is -2.28. The molecule has 3 amide bonds. The summed E-state index contributed by atoms with van der Waals surface area (Å²) in [6, 6.07) is 7.64. The van der Waals surface area contributed by atoms with Crippen LogP contribution in [0.5, 0.6) is 0 Å². The molecule has 0 saturated carbocycles. The van der Waals surface area contributed by atoms with Crippen molar-refractivity contribution in [2.75, 3.05) is 18.4 Å². The van der Waals surface area contributed by atoms with Crippen LogP contribution >= 0.6 is 0 Å². The molecule has 0 bridgehead atoms. The normalized spacial score (nSPS) is 20.3. The predicted molar refractivity (Wildman–Crippen MR) is 85.4 cm³/mol. The molecule has 22 heavy (non-hydrogen) atoms. The average Bonchev–Trinajstić information content (AvgIpc) is 3.14. The SMILES string of the molecule is O=C(C[C@@H]1C=CCC1)Nc1ccccc1CN1CCNC1=O. The molecular formula is C17H21N3O2. The summed E-state index contributed by atoms with van der Waals surface area (Å²) in [5, 5.41) is 5.79. The fourth-order valence-corrected chi connectivity index (χ4v) is 2.95. The fraction of sp³-hybridized carbons (Fsp3) is 0.412. The molecule has 1 aliphatic heterocycles. The number of anilines is 1. The molecule has 5 nitrogen and oxygen atoms in total. The van der Waals surface area contributed by atoms with Crippen LogP contribution < -0.4 is 10.6 Å². The highest BCUT2D eigenvalue weighted by atomic mass is 16.2. The zero-order valence-corrected chi connectivity index (χ0v) is 12.5. The van der Waals surface area contributed by atoms with Crippen LogP contribution in [0.3, 0.4) is 0 Å². The van der Waals surface area contributed by atoms with E-state index in [0.29, 0.717) is 32.0 Å². The number of nitrogens with one attached hydrogen (secondary N) is 2. The molecule has 116 valence electrons. The first-order chi connectivity index (χ1) is 10.7.